The summed E-state index contributed by atoms with van der Waals surface area (Å²) < 4.78 is 16.4. The van der Waals surface area contributed by atoms with Gasteiger partial charge in [0.2, 0.25) is 5.91 Å². The number of aliphatic hydroxyl groups excluding tert-OH is 1. The van der Waals surface area contributed by atoms with Crippen molar-refractivity contribution in [3.8, 4) is 17.0 Å². The molecule has 1 saturated heterocycles. The maximum Gasteiger partial charge on any atom is 0.248 e. The first-order chi connectivity index (χ1) is 19.4. The van der Waals surface area contributed by atoms with Crippen molar-refractivity contribution in [3.05, 3.63) is 64.7 Å². The zero-order valence-electron chi connectivity index (χ0n) is 24.8. The number of aryl methyl sites for hydroxylation is 2. The quantitative estimate of drug-likeness (QED) is 0.482. The Balaban J connectivity index is 0.000000285. The number of pyridine rings is 1. The van der Waals surface area contributed by atoms with Gasteiger partial charge in [-0.3, -0.25) is 9.78 Å². The molecule has 40 heavy (non-hydrogen) atoms. The zero-order valence-corrected chi connectivity index (χ0v) is 24.8. The Morgan fingerprint density at radius 1 is 1.10 bits per heavy atom. The summed E-state index contributed by atoms with van der Waals surface area (Å²) in [7, 11) is 4.83. The molecule has 0 bridgehead atoms. The predicted octanol–water partition coefficient (Wildman–Crippen LogP) is 4.35. The number of aromatic nitrogens is 2. The van der Waals surface area contributed by atoms with Gasteiger partial charge in [0, 0.05) is 49.6 Å². The number of ether oxygens (including phenoxy) is 2. The average molecular weight is 553 g/mol. The van der Waals surface area contributed by atoms with E-state index in [1.165, 1.54) is 29.5 Å². The average Bonchev–Trinajstić information content (AvgIpc) is 3.42. The second-order valence-corrected chi connectivity index (χ2v) is 10.3. The van der Waals surface area contributed by atoms with E-state index >= 15 is 0 Å². The summed E-state index contributed by atoms with van der Waals surface area (Å²) in [4.78, 5) is 20.8. The molecule has 1 N–H and O–H groups in total. The Hall–Kier alpha value is -3.27. The first-order valence-electron chi connectivity index (χ1n) is 13.9. The molecule has 9 nitrogen and oxygen atoms in total. The summed E-state index contributed by atoms with van der Waals surface area (Å²) in [6, 6.07) is 8.35. The van der Waals surface area contributed by atoms with Crippen LogP contribution in [0.1, 0.15) is 47.3 Å². The van der Waals surface area contributed by atoms with Gasteiger partial charge < -0.3 is 28.9 Å². The smallest absolute Gasteiger partial charge is 0.248 e. The van der Waals surface area contributed by atoms with Crippen molar-refractivity contribution in [2.75, 3.05) is 47.6 Å². The Morgan fingerprint density at radius 3 is 2.45 bits per heavy atom. The molecule has 5 rings (SSSR count). The molecule has 1 amide bonds. The van der Waals surface area contributed by atoms with Gasteiger partial charge in [-0.1, -0.05) is 11.6 Å². The minimum atomic E-state index is 0.0287. The van der Waals surface area contributed by atoms with Crippen LogP contribution in [0.2, 0.25) is 0 Å². The number of amides is 1. The van der Waals surface area contributed by atoms with Crippen molar-refractivity contribution in [2.45, 2.75) is 59.0 Å². The third-order valence-electron chi connectivity index (χ3n) is 7.73. The number of carbonyl (C=O) groups is 1. The highest BCUT2D eigenvalue weighted by Gasteiger charge is 2.28. The molecule has 9 heteroatoms. The van der Waals surface area contributed by atoms with Crippen LogP contribution in [-0.2, 0) is 22.5 Å². The standard InChI is InChI=1S/C20H26N4O3.C10H14O.CH4O/c1-23-10-3-2-4-16(23)13-26-14-19(25)24-11-7-18-17(12-24)20(22-27-18)15-5-8-21-9-6-15;1-7-5-10(11-4)6-8(2)9(7)3;1-2/h5-6,8-9,16H,2-4,7,10-14H2,1H3;5-6H,1-4H3;2H,1H3. The second kappa shape index (κ2) is 15.5. The van der Waals surface area contributed by atoms with Gasteiger partial charge in [0.15, 0.2) is 0 Å². The van der Waals surface area contributed by atoms with Crippen LogP contribution in [0, 0.1) is 20.8 Å². The van der Waals surface area contributed by atoms with Gasteiger partial charge in [-0.2, -0.15) is 0 Å². The summed E-state index contributed by atoms with van der Waals surface area (Å²) in [5, 5.41) is 11.2. The Kier molecular flexibility index (Phi) is 12.1. The van der Waals surface area contributed by atoms with Crippen molar-refractivity contribution >= 4 is 5.91 Å². The van der Waals surface area contributed by atoms with E-state index in [4.69, 9.17) is 19.1 Å². The topological polar surface area (TPSA) is 101 Å². The number of carbonyl (C=O) groups excluding carboxylic acids is 1. The van der Waals surface area contributed by atoms with Gasteiger partial charge in [0.1, 0.15) is 23.8 Å². The summed E-state index contributed by atoms with van der Waals surface area (Å²) >= 11 is 0. The fourth-order valence-corrected chi connectivity index (χ4v) is 5.00. The number of likely N-dealkylation sites (N-methyl/N-ethyl adjacent to an activating group) is 1. The van der Waals surface area contributed by atoms with Crippen molar-refractivity contribution in [2.24, 2.45) is 0 Å². The molecule has 0 spiro atoms. The van der Waals surface area contributed by atoms with E-state index < -0.39 is 0 Å². The van der Waals surface area contributed by atoms with Crippen molar-refractivity contribution in [3.63, 3.8) is 0 Å². The van der Waals surface area contributed by atoms with E-state index in [9.17, 15) is 4.79 Å². The monoisotopic (exact) mass is 552 g/mol. The highest BCUT2D eigenvalue weighted by molar-refractivity contribution is 5.78. The van der Waals surface area contributed by atoms with Gasteiger partial charge in [-0.25, -0.2) is 0 Å². The predicted molar refractivity (Wildman–Crippen MR) is 155 cm³/mol. The normalized spacial score (nSPS) is 16.7. The number of benzene rings is 1. The van der Waals surface area contributed by atoms with Crippen LogP contribution in [0.25, 0.3) is 11.3 Å². The van der Waals surface area contributed by atoms with Crippen LogP contribution in [0.4, 0.5) is 0 Å². The third-order valence-corrected chi connectivity index (χ3v) is 7.73. The molecular weight excluding hydrogens is 508 g/mol. The lowest BCUT2D eigenvalue weighted by Gasteiger charge is -2.32. The summed E-state index contributed by atoms with van der Waals surface area (Å²) in [6.45, 7) is 9.36. The van der Waals surface area contributed by atoms with Gasteiger partial charge >= 0.3 is 0 Å². The molecule has 2 aliphatic heterocycles. The third kappa shape index (κ3) is 8.13. The van der Waals surface area contributed by atoms with Gasteiger partial charge in [-0.05, 0) is 88.2 Å². The number of fused-ring (bicyclic) bond motifs is 1. The van der Waals surface area contributed by atoms with E-state index in [1.807, 2.05) is 17.0 Å². The van der Waals surface area contributed by atoms with E-state index in [0.29, 0.717) is 32.2 Å². The van der Waals surface area contributed by atoms with Gasteiger partial charge in [-0.15, -0.1) is 0 Å². The lowest BCUT2D eigenvalue weighted by Crippen LogP contribution is -2.41. The summed E-state index contributed by atoms with van der Waals surface area (Å²) in [5.41, 5.74) is 6.69. The number of piperidine rings is 1. The number of likely N-dealkylation sites (tertiary alicyclic amines) is 1. The van der Waals surface area contributed by atoms with Crippen LogP contribution in [0.3, 0.4) is 0 Å². The van der Waals surface area contributed by atoms with Crippen LogP contribution in [0.15, 0.2) is 41.2 Å². The largest absolute Gasteiger partial charge is 0.497 e. The SMILES string of the molecule is CN1CCCCC1COCC(=O)N1CCc2onc(-c3ccncc3)c2C1.CO.COc1cc(C)c(C)c(C)c1. The molecule has 0 aliphatic carbocycles. The molecule has 3 aromatic rings. The molecule has 0 radical (unpaired) electrons. The highest BCUT2D eigenvalue weighted by Crippen LogP contribution is 2.29. The lowest BCUT2D eigenvalue weighted by molar-refractivity contribution is -0.137. The zero-order chi connectivity index (χ0) is 29.1. The van der Waals surface area contributed by atoms with Gasteiger partial charge in [0.05, 0.1) is 20.3 Å². The second-order valence-electron chi connectivity index (χ2n) is 10.3. The first-order valence-corrected chi connectivity index (χ1v) is 13.9. The molecule has 2 aliphatic rings. The van der Waals surface area contributed by atoms with Crippen LogP contribution >= 0.6 is 0 Å². The summed E-state index contributed by atoms with van der Waals surface area (Å²) in [5.74, 6) is 1.85. The van der Waals surface area contributed by atoms with Crippen LogP contribution < -0.4 is 4.74 Å². The first kappa shape index (κ1) is 31.3. The minimum Gasteiger partial charge on any atom is -0.497 e. The number of hydrogen-bond acceptors (Lipinski definition) is 8. The number of hydrogen-bond donors (Lipinski definition) is 1. The minimum absolute atomic E-state index is 0.0287. The lowest BCUT2D eigenvalue weighted by atomic mass is 10.0. The highest BCUT2D eigenvalue weighted by atomic mass is 16.5. The molecule has 0 saturated carbocycles. The molecule has 1 aromatic carbocycles. The molecule has 4 heterocycles. The molecular formula is C31H44N4O5. The maximum atomic E-state index is 12.6. The Bertz CT molecular complexity index is 1190. The van der Waals surface area contributed by atoms with Crippen molar-refractivity contribution < 1.29 is 23.9 Å². The van der Waals surface area contributed by atoms with E-state index in [-0.39, 0.29) is 12.5 Å². The van der Waals surface area contributed by atoms with Crippen LogP contribution in [-0.4, -0.2) is 84.6 Å². The summed E-state index contributed by atoms with van der Waals surface area (Å²) in [6.07, 6.45) is 7.79. The Morgan fingerprint density at radius 2 is 1.80 bits per heavy atom. The number of methoxy groups -OCH3 is 1. The number of aliphatic hydroxyl groups is 1. The number of rotatable bonds is 6. The maximum absolute atomic E-state index is 12.6. The molecule has 2 aromatic heterocycles. The molecule has 1 fully saturated rings. The number of nitrogens with zero attached hydrogens (tertiary/aromatic N) is 4. The van der Waals surface area contributed by atoms with Crippen molar-refractivity contribution in [1.82, 2.24) is 19.9 Å². The fraction of sp³-hybridized carbons (Fsp3) is 0.516. The van der Waals surface area contributed by atoms with E-state index in [0.717, 1.165) is 48.4 Å². The van der Waals surface area contributed by atoms with Crippen molar-refractivity contribution in [1.29, 1.82) is 0 Å². The van der Waals surface area contributed by atoms with E-state index in [1.54, 1.807) is 19.5 Å². The van der Waals surface area contributed by atoms with Crippen LogP contribution in [0.5, 0.6) is 5.75 Å². The molecule has 1 unspecified atom stereocenters. The Labute approximate surface area is 238 Å². The van der Waals surface area contributed by atoms with Gasteiger partial charge in [0.25, 0.3) is 0 Å². The van der Waals surface area contributed by atoms with E-state index in [2.05, 4.69) is 55.0 Å². The fourth-order valence-electron chi connectivity index (χ4n) is 5.00. The molecule has 218 valence electrons. The molecule has 1 atom stereocenters.